The molecule has 0 fully saturated rings. The molecule has 2 rings (SSSR count). The van der Waals surface area contributed by atoms with Crippen LogP contribution in [0.25, 0.3) is 11.5 Å². The lowest BCUT2D eigenvalue weighted by Gasteiger charge is -2.20. The maximum atomic E-state index is 5.70. The van der Waals surface area contributed by atoms with E-state index in [1.54, 1.807) is 11.8 Å². The average Bonchev–Trinajstić information content (AvgIpc) is 2.98. The monoisotopic (exact) mass is 305 g/mol. The van der Waals surface area contributed by atoms with Crippen molar-refractivity contribution >= 4 is 17.4 Å². The first-order chi connectivity index (χ1) is 10.3. The molecule has 0 saturated heterocycles. The highest BCUT2D eigenvalue weighted by Crippen LogP contribution is 2.25. The molecule has 0 unspecified atom stereocenters. The molecule has 1 aromatic heterocycles. The number of anilines is 1. The van der Waals surface area contributed by atoms with Crippen LogP contribution in [-0.2, 0) is 0 Å². The van der Waals surface area contributed by atoms with E-state index in [1.165, 1.54) is 18.5 Å². The summed E-state index contributed by atoms with van der Waals surface area (Å²) >= 11 is 1.63. The van der Waals surface area contributed by atoms with Gasteiger partial charge in [0.25, 0.3) is 5.22 Å². The van der Waals surface area contributed by atoms with Gasteiger partial charge >= 0.3 is 0 Å². The van der Waals surface area contributed by atoms with Gasteiger partial charge in [0.15, 0.2) is 0 Å². The lowest BCUT2D eigenvalue weighted by atomic mass is 10.2. The second kappa shape index (κ2) is 8.08. The first-order valence-corrected chi connectivity index (χ1v) is 8.58. The summed E-state index contributed by atoms with van der Waals surface area (Å²) in [6.45, 7) is 8.52. The molecular formula is C16H23N3OS. The van der Waals surface area contributed by atoms with Crippen LogP contribution in [0, 0.1) is 0 Å². The molecule has 0 saturated carbocycles. The highest BCUT2D eigenvalue weighted by atomic mass is 32.2. The van der Waals surface area contributed by atoms with Crippen molar-refractivity contribution in [3.8, 4) is 11.5 Å². The van der Waals surface area contributed by atoms with Crippen LogP contribution >= 0.6 is 11.8 Å². The molecule has 114 valence electrons. The van der Waals surface area contributed by atoms with Gasteiger partial charge in [0.2, 0.25) is 5.89 Å². The van der Waals surface area contributed by atoms with Gasteiger partial charge in [-0.15, -0.1) is 10.2 Å². The number of rotatable bonds is 8. The predicted octanol–water partition coefficient (Wildman–Crippen LogP) is 4.48. The molecule has 5 heteroatoms. The van der Waals surface area contributed by atoms with Gasteiger partial charge in [-0.3, -0.25) is 0 Å². The van der Waals surface area contributed by atoms with Gasteiger partial charge in [-0.2, -0.15) is 0 Å². The van der Waals surface area contributed by atoms with E-state index in [4.69, 9.17) is 4.42 Å². The van der Waals surface area contributed by atoms with Crippen LogP contribution in [0.4, 0.5) is 5.69 Å². The Bertz CT molecular complexity index is 535. The fourth-order valence-corrected chi connectivity index (χ4v) is 2.94. The lowest BCUT2D eigenvalue weighted by molar-refractivity contribution is 0.466. The molecule has 0 aliphatic heterocycles. The molecular weight excluding hydrogens is 282 g/mol. The Morgan fingerprint density at radius 1 is 1.05 bits per heavy atom. The molecule has 0 radical (unpaired) electrons. The van der Waals surface area contributed by atoms with E-state index in [9.17, 15) is 0 Å². The molecule has 0 amide bonds. The van der Waals surface area contributed by atoms with Crippen molar-refractivity contribution in [3.05, 3.63) is 24.3 Å². The van der Waals surface area contributed by atoms with Gasteiger partial charge in [0.05, 0.1) is 0 Å². The SMILES string of the molecule is CCCCSc1nnc(-c2ccc(N(CC)CC)cc2)o1. The van der Waals surface area contributed by atoms with E-state index in [2.05, 4.69) is 48.0 Å². The maximum Gasteiger partial charge on any atom is 0.276 e. The first kappa shape index (κ1) is 15.9. The number of hydrogen-bond acceptors (Lipinski definition) is 5. The van der Waals surface area contributed by atoms with Crippen molar-refractivity contribution < 1.29 is 4.42 Å². The smallest absolute Gasteiger partial charge is 0.276 e. The molecule has 0 atom stereocenters. The lowest BCUT2D eigenvalue weighted by Crippen LogP contribution is -2.21. The largest absolute Gasteiger partial charge is 0.411 e. The second-order valence-corrected chi connectivity index (χ2v) is 5.84. The third kappa shape index (κ3) is 4.24. The zero-order valence-corrected chi connectivity index (χ0v) is 13.8. The Kier molecular flexibility index (Phi) is 6.11. The van der Waals surface area contributed by atoms with E-state index in [-0.39, 0.29) is 0 Å². The van der Waals surface area contributed by atoms with E-state index in [0.717, 1.165) is 24.4 Å². The minimum absolute atomic E-state index is 0.597. The molecule has 0 spiro atoms. The first-order valence-electron chi connectivity index (χ1n) is 7.60. The summed E-state index contributed by atoms with van der Waals surface area (Å²) < 4.78 is 5.70. The molecule has 0 aliphatic rings. The zero-order chi connectivity index (χ0) is 15.1. The fourth-order valence-electron chi connectivity index (χ4n) is 2.09. The second-order valence-electron chi connectivity index (χ2n) is 4.79. The van der Waals surface area contributed by atoms with Crippen LogP contribution < -0.4 is 4.90 Å². The van der Waals surface area contributed by atoms with Crippen molar-refractivity contribution in [2.24, 2.45) is 0 Å². The van der Waals surface area contributed by atoms with Crippen LogP contribution in [0.15, 0.2) is 33.9 Å². The summed E-state index contributed by atoms with van der Waals surface area (Å²) in [5, 5.41) is 8.88. The summed E-state index contributed by atoms with van der Waals surface area (Å²) in [7, 11) is 0. The standard InChI is InChI=1S/C16H23N3OS/c1-4-7-12-21-16-18-17-15(20-16)13-8-10-14(11-9-13)19(5-2)6-3/h8-11H,4-7,12H2,1-3H3. The normalized spacial score (nSPS) is 10.8. The number of hydrogen-bond donors (Lipinski definition) is 0. The Balaban J connectivity index is 2.05. The third-order valence-electron chi connectivity index (χ3n) is 3.37. The quantitative estimate of drug-likeness (QED) is 0.531. The highest BCUT2D eigenvalue weighted by molar-refractivity contribution is 7.99. The van der Waals surface area contributed by atoms with Crippen LogP contribution in [0.5, 0.6) is 0 Å². The van der Waals surface area contributed by atoms with Gasteiger partial charge in [-0.05, 0) is 44.5 Å². The minimum atomic E-state index is 0.597. The Morgan fingerprint density at radius 3 is 2.38 bits per heavy atom. The molecule has 0 aliphatic carbocycles. The Hall–Kier alpha value is -1.49. The number of aromatic nitrogens is 2. The number of thioether (sulfide) groups is 1. The van der Waals surface area contributed by atoms with Crippen LogP contribution in [-0.4, -0.2) is 29.0 Å². The Morgan fingerprint density at radius 2 is 1.76 bits per heavy atom. The van der Waals surface area contributed by atoms with Crippen molar-refractivity contribution in [2.45, 2.75) is 38.8 Å². The molecule has 0 N–H and O–H groups in total. The molecule has 4 nitrogen and oxygen atoms in total. The van der Waals surface area contributed by atoms with Crippen molar-refractivity contribution in [1.82, 2.24) is 10.2 Å². The van der Waals surface area contributed by atoms with Crippen LogP contribution in [0.2, 0.25) is 0 Å². The summed E-state index contributed by atoms with van der Waals surface area (Å²) in [5.41, 5.74) is 2.20. The minimum Gasteiger partial charge on any atom is -0.411 e. The predicted molar refractivity (Wildman–Crippen MR) is 88.9 cm³/mol. The van der Waals surface area contributed by atoms with Crippen LogP contribution in [0.1, 0.15) is 33.6 Å². The summed E-state index contributed by atoms with van der Waals surface area (Å²) in [6.07, 6.45) is 2.35. The van der Waals surface area contributed by atoms with Crippen molar-refractivity contribution in [2.75, 3.05) is 23.7 Å². The molecule has 2 aromatic rings. The third-order valence-corrected chi connectivity index (χ3v) is 4.28. The van der Waals surface area contributed by atoms with E-state index in [1.807, 2.05) is 12.1 Å². The number of benzene rings is 1. The zero-order valence-electron chi connectivity index (χ0n) is 13.0. The van der Waals surface area contributed by atoms with Gasteiger partial charge in [0, 0.05) is 30.1 Å². The number of nitrogens with zero attached hydrogens (tertiary/aromatic N) is 3. The van der Waals surface area contributed by atoms with E-state index < -0.39 is 0 Å². The van der Waals surface area contributed by atoms with Crippen molar-refractivity contribution in [3.63, 3.8) is 0 Å². The average molecular weight is 305 g/mol. The van der Waals surface area contributed by atoms with Gasteiger partial charge in [-0.25, -0.2) is 0 Å². The molecule has 1 heterocycles. The molecule has 21 heavy (non-hydrogen) atoms. The van der Waals surface area contributed by atoms with E-state index >= 15 is 0 Å². The van der Waals surface area contributed by atoms with Gasteiger partial charge < -0.3 is 9.32 Å². The topological polar surface area (TPSA) is 42.2 Å². The fraction of sp³-hybridized carbons (Fsp3) is 0.500. The van der Waals surface area contributed by atoms with Crippen molar-refractivity contribution in [1.29, 1.82) is 0 Å². The molecule has 0 bridgehead atoms. The maximum absolute atomic E-state index is 5.70. The molecule has 1 aromatic carbocycles. The highest BCUT2D eigenvalue weighted by Gasteiger charge is 2.09. The van der Waals surface area contributed by atoms with E-state index in [0.29, 0.717) is 11.1 Å². The van der Waals surface area contributed by atoms with Crippen LogP contribution in [0.3, 0.4) is 0 Å². The Labute approximate surface area is 130 Å². The summed E-state index contributed by atoms with van der Waals surface area (Å²) in [4.78, 5) is 2.31. The number of unbranched alkanes of at least 4 members (excludes halogenated alkanes) is 1. The van der Waals surface area contributed by atoms with Gasteiger partial charge in [0.1, 0.15) is 0 Å². The summed E-state index contributed by atoms with van der Waals surface area (Å²) in [6, 6.07) is 8.30. The van der Waals surface area contributed by atoms with Gasteiger partial charge in [-0.1, -0.05) is 25.1 Å². The summed E-state index contributed by atoms with van der Waals surface area (Å²) in [5.74, 6) is 1.62.